The average Bonchev–Trinajstić information content (AvgIpc) is 2.89. The van der Waals surface area contributed by atoms with E-state index in [9.17, 15) is 0 Å². The highest BCUT2D eigenvalue weighted by molar-refractivity contribution is 8.07. The molecule has 20 heavy (non-hydrogen) atoms. The van der Waals surface area contributed by atoms with Crippen LogP contribution in [0.3, 0.4) is 0 Å². The van der Waals surface area contributed by atoms with Crippen LogP contribution < -0.4 is 5.73 Å². The maximum Gasteiger partial charge on any atom is 0.0954 e. The monoisotopic (exact) mass is 324 g/mol. The highest BCUT2D eigenvalue weighted by atomic mass is 32.2. The summed E-state index contributed by atoms with van der Waals surface area (Å²) in [6.45, 7) is 2.28. The van der Waals surface area contributed by atoms with E-state index < -0.39 is 0 Å². The van der Waals surface area contributed by atoms with Crippen molar-refractivity contribution in [1.82, 2.24) is 4.98 Å². The molecule has 0 spiro atoms. The number of nitrogens with zero attached hydrogens (tertiary/aromatic N) is 1. The van der Waals surface area contributed by atoms with Crippen molar-refractivity contribution in [1.29, 1.82) is 0 Å². The van der Waals surface area contributed by atoms with E-state index in [1.54, 1.807) is 11.3 Å². The summed E-state index contributed by atoms with van der Waals surface area (Å²) in [5.41, 5.74) is 7.61. The van der Waals surface area contributed by atoms with E-state index in [-0.39, 0.29) is 6.04 Å². The van der Waals surface area contributed by atoms with Crippen LogP contribution in [-0.4, -0.2) is 33.0 Å². The number of hydrogen-bond donors (Lipinski definition) is 1. The summed E-state index contributed by atoms with van der Waals surface area (Å²) in [5.74, 6) is 2.51. The molecule has 1 aromatic carbocycles. The van der Waals surface area contributed by atoms with Crippen molar-refractivity contribution < 1.29 is 0 Å². The number of benzene rings is 1. The smallest absolute Gasteiger partial charge is 0.0954 e. The Kier molecular flexibility index (Phi) is 4.91. The summed E-state index contributed by atoms with van der Waals surface area (Å²) in [5, 5.41) is 2.47. The van der Waals surface area contributed by atoms with Gasteiger partial charge in [-0.3, -0.25) is 0 Å². The number of para-hydroxylation sites is 1. The molecule has 1 fully saturated rings. The molecule has 5 heteroatoms. The van der Waals surface area contributed by atoms with Gasteiger partial charge in [0.25, 0.3) is 0 Å². The van der Waals surface area contributed by atoms with E-state index in [0.717, 1.165) is 11.9 Å². The lowest BCUT2D eigenvalue weighted by Crippen LogP contribution is -2.43. The number of aromatic nitrogens is 1. The second-order valence-electron chi connectivity index (χ2n) is 5.10. The predicted molar refractivity (Wildman–Crippen MR) is 94.1 cm³/mol. The Morgan fingerprint density at radius 2 is 2.10 bits per heavy atom. The van der Waals surface area contributed by atoms with Gasteiger partial charge >= 0.3 is 0 Å². The van der Waals surface area contributed by atoms with E-state index in [2.05, 4.69) is 48.6 Å². The minimum absolute atomic E-state index is 0.221. The molecular weight excluding hydrogens is 304 g/mol. The van der Waals surface area contributed by atoms with Crippen molar-refractivity contribution in [2.45, 2.75) is 36.3 Å². The van der Waals surface area contributed by atoms with Crippen LogP contribution in [0.15, 0.2) is 24.3 Å². The Hall–Kier alpha value is -0.230. The van der Waals surface area contributed by atoms with E-state index in [1.165, 1.54) is 27.6 Å². The van der Waals surface area contributed by atoms with Gasteiger partial charge in [-0.15, -0.1) is 11.3 Å². The van der Waals surface area contributed by atoms with Crippen LogP contribution in [0.4, 0.5) is 0 Å². The highest BCUT2D eigenvalue weighted by Gasteiger charge is 2.30. The van der Waals surface area contributed by atoms with Crippen molar-refractivity contribution in [3.8, 4) is 0 Å². The molecule has 0 saturated carbocycles. The van der Waals surface area contributed by atoms with E-state index in [4.69, 9.17) is 10.7 Å². The molecule has 2 N–H and O–H groups in total. The van der Waals surface area contributed by atoms with Gasteiger partial charge in [0.1, 0.15) is 0 Å². The predicted octanol–water partition coefficient (Wildman–Crippen LogP) is 3.79. The van der Waals surface area contributed by atoms with E-state index in [0.29, 0.717) is 10.5 Å². The second-order valence-corrected chi connectivity index (χ2v) is 8.84. The van der Waals surface area contributed by atoms with Gasteiger partial charge in [0.15, 0.2) is 0 Å². The molecule has 2 heterocycles. The molecule has 1 aliphatic rings. The molecule has 3 unspecified atom stereocenters. The quantitative estimate of drug-likeness (QED) is 0.928. The van der Waals surface area contributed by atoms with E-state index >= 15 is 0 Å². The van der Waals surface area contributed by atoms with Crippen LogP contribution in [0.2, 0.25) is 0 Å². The summed E-state index contributed by atoms with van der Waals surface area (Å²) in [4.78, 5) is 4.72. The molecule has 1 saturated heterocycles. The van der Waals surface area contributed by atoms with Crippen LogP contribution >= 0.6 is 34.9 Å². The first kappa shape index (κ1) is 14.7. The van der Waals surface area contributed by atoms with Gasteiger partial charge in [0.2, 0.25) is 0 Å². The lowest BCUT2D eigenvalue weighted by atomic mass is 10.1. The van der Waals surface area contributed by atoms with Crippen LogP contribution in [-0.2, 0) is 6.42 Å². The van der Waals surface area contributed by atoms with Crippen LogP contribution in [0.25, 0.3) is 10.2 Å². The Balaban J connectivity index is 1.72. The fraction of sp³-hybridized carbons (Fsp3) is 0.533. The van der Waals surface area contributed by atoms with Gasteiger partial charge in [-0.2, -0.15) is 23.5 Å². The third kappa shape index (κ3) is 3.16. The Morgan fingerprint density at radius 1 is 1.30 bits per heavy atom. The Morgan fingerprint density at radius 3 is 2.90 bits per heavy atom. The van der Waals surface area contributed by atoms with Gasteiger partial charge in [-0.25, -0.2) is 4.98 Å². The van der Waals surface area contributed by atoms with Gasteiger partial charge in [0.05, 0.1) is 15.2 Å². The maximum absolute atomic E-state index is 6.50. The van der Waals surface area contributed by atoms with Gasteiger partial charge < -0.3 is 5.73 Å². The zero-order valence-electron chi connectivity index (χ0n) is 11.6. The lowest BCUT2D eigenvalue weighted by Gasteiger charge is -2.33. The van der Waals surface area contributed by atoms with Gasteiger partial charge in [0, 0.05) is 34.5 Å². The van der Waals surface area contributed by atoms with Gasteiger partial charge in [-0.05, 0) is 18.6 Å². The standard InChI is InChI=1S/C15H20N2S3/c1-2-12-15(19-8-7-18-12)10(16)9-14-17-11-5-3-4-6-13(11)20-14/h3-6,10,12,15H,2,7-9,16H2,1H3. The molecule has 2 nitrogen and oxygen atoms in total. The summed E-state index contributed by atoms with van der Waals surface area (Å²) >= 11 is 5.95. The number of rotatable bonds is 4. The van der Waals surface area contributed by atoms with Crippen molar-refractivity contribution in [2.24, 2.45) is 5.73 Å². The third-order valence-corrected chi connectivity index (χ3v) is 8.15. The first-order valence-electron chi connectivity index (χ1n) is 7.11. The topological polar surface area (TPSA) is 38.9 Å². The fourth-order valence-electron chi connectivity index (χ4n) is 2.66. The molecular formula is C15H20N2S3. The van der Waals surface area contributed by atoms with Crippen LogP contribution in [0.1, 0.15) is 18.4 Å². The maximum atomic E-state index is 6.50. The number of thiazole rings is 1. The van der Waals surface area contributed by atoms with Gasteiger partial charge in [-0.1, -0.05) is 19.1 Å². The fourth-order valence-corrected chi connectivity index (χ4v) is 6.89. The van der Waals surface area contributed by atoms with Crippen molar-refractivity contribution in [2.75, 3.05) is 11.5 Å². The first-order chi connectivity index (χ1) is 9.78. The van der Waals surface area contributed by atoms with Crippen LogP contribution in [0.5, 0.6) is 0 Å². The zero-order chi connectivity index (χ0) is 13.9. The molecule has 1 aliphatic heterocycles. The minimum atomic E-state index is 0.221. The number of thioether (sulfide) groups is 2. The van der Waals surface area contributed by atoms with Crippen molar-refractivity contribution in [3.05, 3.63) is 29.3 Å². The van der Waals surface area contributed by atoms with E-state index in [1.807, 2.05) is 6.07 Å². The first-order valence-corrected chi connectivity index (χ1v) is 10.0. The number of hydrogen-bond acceptors (Lipinski definition) is 5. The second kappa shape index (κ2) is 6.69. The summed E-state index contributed by atoms with van der Waals surface area (Å²) in [6.07, 6.45) is 2.13. The SMILES string of the molecule is CCC1SCCSC1C(N)Cc1nc2ccccc2s1. The molecule has 2 aromatic rings. The zero-order valence-corrected chi connectivity index (χ0v) is 14.1. The third-order valence-electron chi connectivity index (χ3n) is 3.66. The summed E-state index contributed by atoms with van der Waals surface area (Å²) in [7, 11) is 0. The molecule has 1 aromatic heterocycles. The Bertz CT molecular complexity index is 536. The molecule has 0 bridgehead atoms. The molecule has 0 amide bonds. The molecule has 0 radical (unpaired) electrons. The van der Waals surface area contributed by atoms with Crippen molar-refractivity contribution in [3.63, 3.8) is 0 Å². The van der Waals surface area contributed by atoms with Crippen LogP contribution in [0, 0.1) is 0 Å². The average molecular weight is 325 g/mol. The molecule has 3 atom stereocenters. The highest BCUT2D eigenvalue weighted by Crippen LogP contribution is 2.35. The summed E-state index contributed by atoms with van der Waals surface area (Å²) in [6, 6.07) is 8.57. The van der Waals surface area contributed by atoms with Crippen molar-refractivity contribution >= 4 is 45.1 Å². The lowest BCUT2D eigenvalue weighted by molar-refractivity contribution is 0.596. The number of nitrogens with two attached hydrogens (primary N) is 1. The molecule has 108 valence electrons. The Labute approximate surface area is 132 Å². The normalized spacial score (nSPS) is 24.9. The molecule has 0 aliphatic carbocycles. The molecule has 3 rings (SSSR count). The summed E-state index contributed by atoms with van der Waals surface area (Å²) < 4.78 is 1.27. The minimum Gasteiger partial charge on any atom is -0.326 e. The number of fused-ring (bicyclic) bond motifs is 1. The largest absolute Gasteiger partial charge is 0.326 e.